The number of ether oxygens (including phenoxy) is 1. The summed E-state index contributed by atoms with van der Waals surface area (Å²) in [6, 6.07) is 1.02. The third-order valence-electron chi connectivity index (χ3n) is 3.42. The second-order valence-electron chi connectivity index (χ2n) is 6.88. The number of hydrogen-bond acceptors (Lipinski definition) is 6. The van der Waals surface area contributed by atoms with E-state index in [1.807, 2.05) is 20.8 Å². The Morgan fingerprint density at radius 2 is 1.92 bits per heavy atom. The molecule has 1 atom stereocenters. The van der Waals surface area contributed by atoms with Gasteiger partial charge in [-0.25, -0.2) is 4.79 Å². The molecule has 0 fully saturated rings. The lowest BCUT2D eigenvalue weighted by atomic mass is 9.94. The monoisotopic (exact) mass is 353 g/mol. The summed E-state index contributed by atoms with van der Waals surface area (Å²) in [6.45, 7) is 6.25. The Balaban J connectivity index is 2.39. The number of esters is 1. The highest BCUT2D eigenvalue weighted by atomic mass is 19.1. The quantitative estimate of drug-likeness (QED) is 0.640. The molecule has 1 aliphatic rings. The van der Waals surface area contributed by atoms with Gasteiger partial charge in [-0.2, -0.15) is 13.8 Å². The van der Waals surface area contributed by atoms with Crippen LogP contribution in [0.3, 0.4) is 0 Å². The summed E-state index contributed by atoms with van der Waals surface area (Å²) in [5.41, 5.74) is -0.104. The molecular formula is C17H21F2N3O3. The Hall–Kier alpha value is -2.64. The standard InChI is InChI=1S/C17H21F2N3O3/c1-17(2,3)9-22-14(6-5-11(23)15(22)16(24)25-4)20-10-7-12(18)21-13(19)8-10/h5-8,15,23H,9H2,1-4H3,(H,20,21). The van der Waals surface area contributed by atoms with E-state index in [0.29, 0.717) is 12.4 Å². The number of aliphatic hydroxyl groups excluding tert-OH is 1. The SMILES string of the molecule is COC(=O)C1C(O)=CC=C(Nc2cc(F)nc(F)c2)N1CC(C)(C)C. The third-order valence-corrected chi connectivity index (χ3v) is 3.42. The van der Waals surface area contributed by atoms with E-state index in [1.54, 1.807) is 4.90 Å². The Bertz CT molecular complexity index is 706. The van der Waals surface area contributed by atoms with Crippen LogP contribution in [0.1, 0.15) is 20.8 Å². The molecule has 8 heteroatoms. The lowest BCUT2D eigenvalue weighted by Gasteiger charge is -2.39. The van der Waals surface area contributed by atoms with Crippen LogP contribution in [-0.2, 0) is 9.53 Å². The Morgan fingerprint density at radius 3 is 2.44 bits per heavy atom. The van der Waals surface area contributed by atoms with Gasteiger partial charge in [0.25, 0.3) is 0 Å². The van der Waals surface area contributed by atoms with Gasteiger partial charge in [-0.1, -0.05) is 20.8 Å². The van der Waals surface area contributed by atoms with E-state index in [4.69, 9.17) is 4.74 Å². The van der Waals surface area contributed by atoms with Gasteiger partial charge < -0.3 is 20.1 Å². The van der Waals surface area contributed by atoms with E-state index in [2.05, 4.69) is 10.3 Å². The van der Waals surface area contributed by atoms with Crippen molar-refractivity contribution < 1.29 is 23.4 Å². The number of nitrogens with one attached hydrogen (secondary N) is 1. The fraction of sp³-hybridized carbons (Fsp3) is 0.412. The third kappa shape index (κ3) is 4.68. The zero-order valence-corrected chi connectivity index (χ0v) is 14.5. The first-order valence-corrected chi connectivity index (χ1v) is 7.66. The maximum absolute atomic E-state index is 13.3. The predicted molar refractivity (Wildman–Crippen MR) is 88.5 cm³/mol. The van der Waals surface area contributed by atoms with Crippen LogP contribution in [0.5, 0.6) is 0 Å². The highest BCUT2D eigenvalue weighted by Crippen LogP contribution is 2.28. The second-order valence-corrected chi connectivity index (χ2v) is 6.88. The number of nitrogens with zero attached hydrogens (tertiary/aromatic N) is 2. The average molecular weight is 353 g/mol. The largest absolute Gasteiger partial charge is 0.509 e. The van der Waals surface area contributed by atoms with Crippen LogP contribution in [0.15, 0.2) is 35.9 Å². The first-order valence-electron chi connectivity index (χ1n) is 7.66. The predicted octanol–water partition coefficient (Wildman–Crippen LogP) is 2.96. The summed E-state index contributed by atoms with van der Waals surface area (Å²) >= 11 is 0. The number of allylic oxidation sites excluding steroid dienone is 2. The lowest BCUT2D eigenvalue weighted by Crippen LogP contribution is -2.49. The van der Waals surface area contributed by atoms with Gasteiger partial charge >= 0.3 is 5.97 Å². The molecule has 1 aromatic rings. The van der Waals surface area contributed by atoms with Crippen LogP contribution in [0.4, 0.5) is 14.5 Å². The van der Waals surface area contributed by atoms with Gasteiger partial charge in [-0.05, 0) is 17.6 Å². The highest BCUT2D eigenvalue weighted by molar-refractivity contribution is 5.80. The van der Waals surface area contributed by atoms with Gasteiger partial charge in [-0.15, -0.1) is 0 Å². The maximum atomic E-state index is 13.3. The van der Waals surface area contributed by atoms with Crippen molar-refractivity contribution in [3.63, 3.8) is 0 Å². The number of carbonyl (C=O) groups is 1. The fourth-order valence-electron chi connectivity index (χ4n) is 2.50. The van der Waals surface area contributed by atoms with Gasteiger partial charge in [0.15, 0.2) is 6.04 Å². The summed E-state index contributed by atoms with van der Waals surface area (Å²) in [6.07, 6.45) is 2.87. The van der Waals surface area contributed by atoms with Crippen molar-refractivity contribution in [3.8, 4) is 0 Å². The van der Waals surface area contributed by atoms with Crippen molar-refractivity contribution in [1.29, 1.82) is 0 Å². The summed E-state index contributed by atoms with van der Waals surface area (Å²) in [4.78, 5) is 16.8. The molecule has 0 aliphatic carbocycles. The van der Waals surface area contributed by atoms with Gasteiger partial charge in [0.1, 0.15) is 11.6 Å². The number of methoxy groups -OCH3 is 1. The molecule has 2 heterocycles. The Morgan fingerprint density at radius 1 is 1.32 bits per heavy atom. The smallest absolute Gasteiger partial charge is 0.336 e. The molecule has 25 heavy (non-hydrogen) atoms. The first-order chi connectivity index (χ1) is 11.6. The number of aromatic nitrogens is 1. The topological polar surface area (TPSA) is 74.7 Å². The summed E-state index contributed by atoms with van der Waals surface area (Å²) in [5.74, 6) is -2.35. The van der Waals surface area contributed by atoms with E-state index in [-0.39, 0.29) is 16.9 Å². The first kappa shape index (κ1) is 18.7. The van der Waals surface area contributed by atoms with Crippen LogP contribution in [0, 0.1) is 17.3 Å². The Labute approximate surface area is 144 Å². The molecule has 0 aromatic carbocycles. The normalized spacial score (nSPS) is 17.7. The van der Waals surface area contributed by atoms with Crippen LogP contribution in [0.25, 0.3) is 0 Å². The zero-order valence-electron chi connectivity index (χ0n) is 14.5. The number of hydrogen-bond donors (Lipinski definition) is 2. The molecule has 0 spiro atoms. The van der Waals surface area contributed by atoms with E-state index < -0.39 is 23.9 Å². The van der Waals surface area contributed by atoms with Crippen molar-refractivity contribution in [1.82, 2.24) is 9.88 Å². The maximum Gasteiger partial charge on any atom is 0.336 e. The van der Waals surface area contributed by atoms with Crippen LogP contribution < -0.4 is 5.32 Å². The van der Waals surface area contributed by atoms with Crippen LogP contribution in [-0.4, -0.2) is 40.7 Å². The molecule has 0 bridgehead atoms. The molecule has 1 aliphatic heterocycles. The molecule has 0 amide bonds. The molecule has 2 N–H and O–H groups in total. The molecule has 1 unspecified atom stereocenters. The number of carbonyl (C=O) groups excluding carboxylic acids is 1. The van der Waals surface area contributed by atoms with Crippen LogP contribution >= 0.6 is 0 Å². The molecule has 0 saturated carbocycles. The minimum atomic E-state index is -1.05. The van der Waals surface area contributed by atoms with Crippen molar-refractivity contribution >= 4 is 11.7 Å². The van der Waals surface area contributed by atoms with E-state index in [9.17, 15) is 18.7 Å². The Kier molecular flexibility index (Phi) is 5.30. The number of rotatable bonds is 4. The van der Waals surface area contributed by atoms with Gasteiger partial charge in [-0.3, -0.25) is 0 Å². The molecule has 0 radical (unpaired) electrons. The molecule has 136 valence electrons. The minimum absolute atomic E-state index is 0.133. The molecule has 2 rings (SSSR count). The molecular weight excluding hydrogens is 332 g/mol. The summed E-state index contributed by atoms with van der Waals surface area (Å²) in [5, 5.41) is 13.0. The van der Waals surface area contributed by atoms with Crippen molar-refractivity contribution in [3.05, 3.63) is 47.8 Å². The average Bonchev–Trinajstić information content (AvgIpc) is 2.47. The number of halogens is 2. The van der Waals surface area contributed by atoms with Gasteiger partial charge in [0.05, 0.1) is 7.11 Å². The minimum Gasteiger partial charge on any atom is -0.509 e. The highest BCUT2D eigenvalue weighted by Gasteiger charge is 2.36. The fourth-order valence-corrected chi connectivity index (χ4v) is 2.50. The number of anilines is 1. The number of pyridine rings is 1. The van der Waals surface area contributed by atoms with Crippen LogP contribution in [0.2, 0.25) is 0 Å². The van der Waals surface area contributed by atoms with Crippen molar-refractivity contribution in [2.24, 2.45) is 5.41 Å². The van der Waals surface area contributed by atoms with E-state index in [0.717, 1.165) is 12.1 Å². The summed E-state index contributed by atoms with van der Waals surface area (Å²) < 4.78 is 31.4. The second kappa shape index (κ2) is 7.08. The van der Waals surface area contributed by atoms with Crippen molar-refractivity contribution in [2.45, 2.75) is 26.8 Å². The zero-order chi connectivity index (χ0) is 18.8. The van der Waals surface area contributed by atoms with E-state index >= 15 is 0 Å². The molecule has 1 aromatic heterocycles. The van der Waals surface area contributed by atoms with Crippen molar-refractivity contribution in [2.75, 3.05) is 19.0 Å². The summed E-state index contributed by atoms with van der Waals surface area (Å²) in [7, 11) is 1.23. The van der Waals surface area contributed by atoms with Gasteiger partial charge in [0.2, 0.25) is 11.9 Å². The number of aliphatic hydroxyl groups is 1. The molecule has 6 nitrogen and oxygen atoms in total. The van der Waals surface area contributed by atoms with Gasteiger partial charge in [0, 0.05) is 24.4 Å². The lowest BCUT2D eigenvalue weighted by molar-refractivity contribution is -0.146. The molecule has 0 saturated heterocycles. The van der Waals surface area contributed by atoms with E-state index in [1.165, 1.54) is 19.3 Å².